The van der Waals surface area contributed by atoms with Crippen LogP contribution in [0.4, 0.5) is 11.5 Å². The van der Waals surface area contributed by atoms with E-state index in [2.05, 4.69) is 28.7 Å². The van der Waals surface area contributed by atoms with E-state index in [-0.39, 0.29) is 41.5 Å². The number of anilines is 2. The number of aliphatic hydroxyl groups is 1. The topological polar surface area (TPSA) is 109 Å². The van der Waals surface area contributed by atoms with Crippen molar-refractivity contribution in [1.29, 1.82) is 0 Å². The summed E-state index contributed by atoms with van der Waals surface area (Å²) in [6, 6.07) is 5.36. The Kier molecular flexibility index (Phi) is 5.83. The Morgan fingerprint density at radius 1 is 1.19 bits per heavy atom. The van der Waals surface area contributed by atoms with Crippen molar-refractivity contribution in [2.45, 2.75) is 53.2 Å². The molecule has 0 unspecified atom stereocenters. The molecule has 9 nitrogen and oxygen atoms in total. The predicted molar refractivity (Wildman–Crippen MR) is 137 cm³/mol. The maximum atomic E-state index is 13.6. The van der Waals surface area contributed by atoms with Crippen molar-refractivity contribution in [2.75, 3.05) is 16.8 Å². The lowest BCUT2D eigenvalue weighted by Crippen LogP contribution is -2.41. The lowest BCUT2D eigenvalue weighted by molar-refractivity contribution is -0.115. The zero-order chi connectivity index (χ0) is 25.8. The maximum Gasteiger partial charge on any atom is 0.276 e. The van der Waals surface area contributed by atoms with E-state index in [4.69, 9.17) is 0 Å². The van der Waals surface area contributed by atoms with Crippen molar-refractivity contribution in [3.63, 3.8) is 0 Å². The van der Waals surface area contributed by atoms with Crippen molar-refractivity contribution in [3.8, 4) is 11.1 Å². The number of fused-ring (bicyclic) bond motifs is 3. The van der Waals surface area contributed by atoms with E-state index in [9.17, 15) is 19.5 Å². The SMILES string of the molecule is CCC(=O)Nc1cc(-c2ccnc(N3CCn4c(cc5c4CC(C)(C)C5)C3=O)c2CO)cn(C)c1=O. The van der Waals surface area contributed by atoms with Gasteiger partial charge in [-0.1, -0.05) is 20.8 Å². The minimum absolute atomic E-state index is 0.135. The van der Waals surface area contributed by atoms with E-state index in [1.807, 2.05) is 6.07 Å². The maximum absolute atomic E-state index is 13.6. The molecule has 0 saturated heterocycles. The summed E-state index contributed by atoms with van der Waals surface area (Å²) in [7, 11) is 1.61. The molecule has 0 bridgehead atoms. The van der Waals surface area contributed by atoms with E-state index in [0.29, 0.717) is 41.3 Å². The number of amides is 2. The van der Waals surface area contributed by atoms with Gasteiger partial charge in [-0.15, -0.1) is 0 Å². The summed E-state index contributed by atoms with van der Waals surface area (Å²) >= 11 is 0. The first-order chi connectivity index (χ1) is 17.1. The van der Waals surface area contributed by atoms with Crippen LogP contribution in [-0.4, -0.2) is 37.6 Å². The highest BCUT2D eigenvalue weighted by Gasteiger charge is 2.37. The van der Waals surface area contributed by atoms with Crippen LogP contribution in [-0.2, 0) is 37.8 Å². The molecule has 36 heavy (non-hydrogen) atoms. The Hall–Kier alpha value is -3.72. The van der Waals surface area contributed by atoms with Gasteiger partial charge < -0.3 is 19.6 Å². The van der Waals surface area contributed by atoms with Gasteiger partial charge in [0.05, 0.1) is 6.61 Å². The van der Waals surface area contributed by atoms with Crippen molar-refractivity contribution < 1.29 is 14.7 Å². The van der Waals surface area contributed by atoms with Gasteiger partial charge in [-0.3, -0.25) is 19.3 Å². The van der Waals surface area contributed by atoms with E-state index >= 15 is 0 Å². The van der Waals surface area contributed by atoms with Gasteiger partial charge in [-0.2, -0.15) is 0 Å². The molecule has 188 valence electrons. The van der Waals surface area contributed by atoms with Crippen LogP contribution >= 0.6 is 0 Å². The third kappa shape index (κ3) is 3.93. The Labute approximate surface area is 209 Å². The smallest absolute Gasteiger partial charge is 0.276 e. The van der Waals surface area contributed by atoms with Gasteiger partial charge >= 0.3 is 0 Å². The molecular weight excluding hydrogens is 458 g/mol. The largest absolute Gasteiger partial charge is 0.392 e. The number of pyridine rings is 2. The second-order valence-corrected chi connectivity index (χ2v) is 10.4. The Morgan fingerprint density at radius 3 is 2.69 bits per heavy atom. The summed E-state index contributed by atoms with van der Waals surface area (Å²) in [5.74, 6) is 0.00403. The molecule has 3 aromatic heterocycles. The minimum Gasteiger partial charge on any atom is -0.392 e. The number of nitrogens with zero attached hydrogens (tertiary/aromatic N) is 4. The number of aliphatic hydroxyl groups excluding tert-OH is 1. The summed E-state index contributed by atoms with van der Waals surface area (Å²) < 4.78 is 3.53. The molecule has 0 aromatic carbocycles. The van der Waals surface area contributed by atoms with E-state index in [1.165, 1.54) is 15.8 Å². The molecule has 0 fully saturated rings. The highest BCUT2D eigenvalue weighted by molar-refractivity contribution is 6.06. The first kappa shape index (κ1) is 24.0. The molecule has 2 N–H and O–H groups in total. The van der Waals surface area contributed by atoms with Crippen LogP contribution in [0.25, 0.3) is 11.1 Å². The van der Waals surface area contributed by atoms with Crippen LogP contribution in [0.5, 0.6) is 0 Å². The average molecular weight is 490 g/mol. The van der Waals surface area contributed by atoms with Gasteiger partial charge in [0.25, 0.3) is 11.5 Å². The van der Waals surface area contributed by atoms with Crippen LogP contribution in [0.15, 0.2) is 35.4 Å². The van der Waals surface area contributed by atoms with Crippen LogP contribution in [0.3, 0.4) is 0 Å². The molecule has 9 heteroatoms. The highest BCUT2D eigenvalue weighted by Crippen LogP contribution is 2.40. The van der Waals surface area contributed by atoms with E-state index in [1.54, 1.807) is 43.4 Å². The highest BCUT2D eigenvalue weighted by atomic mass is 16.3. The van der Waals surface area contributed by atoms with E-state index < -0.39 is 0 Å². The molecule has 5 rings (SSSR count). The molecule has 2 amide bonds. The van der Waals surface area contributed by atoms with E-state index in [0.717, 1.165) is 12.8 Å². The second-order valence-electron chi connectivity index (χ2n) is 10.4. The van der Waals surface area contributed by atoms with Gasteiger partial charge in [0.1, 0.15) is 17.2 Å². The monoisotopic (exact) mass is 489 g/mol. The van der Waals surface area contributed by atoms with Gasteiger partial charge in [0, 0.05) is 55.8 Å². The fourth-order valence-corrected chi connectivity index (χ4v) is 5.44. The molecular formula is C27H31N5O4. The van der Waals surface area contributed by atoms with Crippen molar-refractivity contribution in [3.05, 3.63) is 63.5 Å². The quantitative estimate of drug-likeness (QED) is 0.573. The Balaban J connectivity index is 1.54. The molecule has 1 aliphatic carbocycles. The number of nitrogens with one attached hydrogen (secondary N) is 1. The average Bonchev–Trinajstić information content (AvgIpc) is 3.33. The predicted octanol–water partition coefficient (Wildman–Crippen LogP) is 2.87. The number of rotatable bonds is 5. The normalized spacial score (nSPS) is 16.1. The lowest BCUT2D eigenvalue weighted by atomic mass is 9.90. The molecule has 0 atom stereocenters. The van der Waals surface area contributed by atoms with Crippen LogP contribution in [0.1, 0.15) is 54.5 Å². The third-order valence-electron chi connectivity index (χ3n) is 7.16. The van der Waals surface area contributed by atoms with Crippen LogP contribution < -0.4 is 15.8 Å². The summed E-state index contributed by atoms with van der Waals surface area (Å²) in [5, 5.41) is 13.0. The Bertz CT molecular complexity index is 1450. The molecule has 2 aliphatic rings. The summed E-state index contributed by atoms with van der Waals surface area (Å²) in [5.41, 5.74) is 4.94. The molecule has 0 saturated carbocycles. The molecule has 0 spiro atoms. The molecule has 0 radical (unpaired) electrons. The zero-order valence-corrected chi connectivity index (χ0v) is 21.1. The van der Waals surface area contributed by atoms with Crippen LogP contribution in [0.2, 0.25) is 0 Å². The van der Waals surface area contributed by atoms with Gasteiger partial charge in [-0.05, 0) is 47.6 Å². The number of hydrogen-bond acceptors (Lipinski definition) is 5. The molecule has 3 aromatic rings. The zero-order valence-electron chi connectivity index (χ0n) is 21.1. The number of carbonyl (C=O) groups excluding carboxylic acids is 2. The molecule has 1 aliphatic heterocycles. The third-order valence-corrected chi connectivity index (χ3v) is 7.16. The number of carbonyl (C=O) groups is 2. The van der Waals surface area contributed by atoms with Crippen molar-refractivity contribution >= 4 is 23.3 Å². The van der Waals surface area contributed by atoms with Crippen molar-refractivity contribution in [2.24, 2.45) is 12.5 Å². The summed E-state index contributed by atoms with van der Waals surface area (Å²) in [6.45, 7) is 6.98. The lowest BCUT2D eigenvalue weighted by Gasteiger charge is -2.31. The first-order valence-corrected chi connectivity index (χ1v) is 12.3. The number of hydrogen-bond donors (Lipinski definition) is 2. The number of aromatic nitrogens is 3. The molecule has 4 heterocycles. The fraction of sp³-hybridized carbons (Fsp3) is 0.407. The minimum atomic E-state index is -0.340. The standard InChI is InChI=1S/C27H31N5O4/c1-5-23(34)29-20-10-17(14-30(4)25(20)35)18-6-7-28-24(19(18)15-33)32-9-8-31-21(26(32)36)11-16-12-27(2,3)13-22(16)31/h6-7,10-11,14,33H,5,8-9,12-13,15H2,1-4H3,(H,29,34). The van der Waals surface area contributed by atoms with Gasteiger partial charge in [-0.25, -0.2) is 4.98 Å². The van der Waals surface area contributed by atoms with Gasteiger partial charge in [0.2, 0.25) is 5.91 Å². The fourth-order valence-electron chi connectivity index (χ4n) is 5.44. The second kappa shape index (κ2) is 8.74. The van der Waals surface area contributed by atoms with Crippen LogP contribution in [0, 0.1) is 5.41 Å². The number of aryl methyl sites for hydroxylation is 1. The summed E-state index contributed by atoms with van der Waals surface area (Å²) in [6.07, 6.45) is 5.40. The van der Waals surface area contributed by atoms with Gasteiger partial charge in [0.15, 0.2) is 0 Å². The Morgan fingerprint density at radius 2 is 1.97 bits per heavy atom. The summed E-state index contributed by atoms with van der Waals surface area (Å²) in [4.78, 5) is 44.2. The van der Waals surface area contributed by atoms with Crippen molar-refractivity contribution in [1.82, 2.24) is 14.1 Å². The first-order valence-electron chi connectivity index (χ1n) is 12.3.